The van der Waals surface area contributed by atoms with Crippen molar-refractivity contribution in [3.63, 3.8) is 0 Å². The highest BCUT2D eigenvalue weighted by atomic mass is 16.2. The highest BCUT2D eigenvalue weighted by molar-refractivity contribution is 5.99. The summed E-state index contributed by atoms with van der Waals surface area (Å²) in [6, 6.07) is 11.5. The summed E-state index contributed by atoms with van der Waals surface area (Å²) in [5.41, 5.74) is 2.82. The van der Waals surface area contributed by atoms with Crippen LogP contribution in [0.5, 0.6) is 0 Å². The lowest BCUT2D eigenvalue weighted by Gasteiger charge is -2.14. The Morgan fingerprint density at radius 2 is 2.11 bits per heavy atom. The van der Waals surface area contributed by atoms with Gasteiger partial charge >= 0.3 is 0 Å². The Morgan fingerprint density at radius 3 is 2.94 bits per heavy atom. The van der Waals surface area contributed by atoms with Gasteiger partial charge in [0.2, 0.25) is 0 Å². The number of pyridine rings is 1. The molecule has 4 nitrogen and oxygen atoms in total. The van der Waals surface area contributed by atoms with E-state index in [1.165, 1.54) is 0 Å². The van der Waals surface area contributed by atoms with Crippen molar-refractivity contribution >= 4 is 11.7 Å². The zero-order valence-corrected chi connectivity index (χ0v) is 9.97. The largest absolute Gasteiger partial charge is 0.346 e. The zero-order chi connectivity index (χ0) is 12.5. The maximum atomic E-state index is 11.8. The lowest BCUT2D eigenvalue weighted by Crippen LogP contribution is -2.25. The van der Waals surface area contributed by atoms with E-state index < -0.39 is 0 Å². The van der Waals surface area contributed by atoms with Crippen molar-refractivity contribution < 1.29 is 4.79 Å². The van der Waals surface area contributed by atoms with Crippen LogP contribution in [0.1, 0.15) is 27.7 Å². The molecule has 4 heteroatoms. The number of carbonyl (C=O) groups is 1. The number of carbonyl (C=O) groups excluding carboxylic acids is 1. The van der Waals surface area contributed by atoms with E-state index in [-0.39, 0.29) is 12.1 Å². The molecule has 1 amide bonds. The molecule has 1 unspecified atom stereocenters. The fraction of sp³-hybridized carbons (Fsp3) is 0.143. The molecule has 18 heavy (non-hydrogen) atoms. The molecular formula is C14H13N3O. The molecule has 90 valence electrons. The number of rotatable bonds is 2. The topological polar surface area (TPSA) is 54.0 Å². The summed E-state index contributed by atoms with van der Waals surface area (Å²) >= 11 is 0. The van der Waals surface area contributed by atoms with Crippen LogP contribution in [-0.4, -0.2) is 10.9 Å². The maximum absolute atomic E-state index is 11.8. The molecule has 1 aromatic carbocycles. The van der Waals surface area contributed by atoms with E-state index in [9.17, 15) is 4.79 Å². The first kappa shape index (κ1) is 10.8. The van der Waals surface area contributed by atoms with E-state index >= 15 is 0 Å². The minimum absolute atomic E-state index is 0.0456. The number of amides is 1. The predicted octanol–water partition coefficient (Wildman–Crippen LogP) is 2.24. The Hall–Kier alpha value is -2.36. The van der Waals surface area contributed by atoms with Crippen molar-refractivity contribution in [1.29, 1.82) is 0 Å². The van der Waals surface area contributed by atoms with Gasteiger partial charge in [0.1, 0.15) is 12.0 Å². The van der Waals surface area contributed by atoms with Crippen molar-refractivity contribution in [2.45, 2.75) is 13.1 Å². The first-order valence-electron chi connectivity index (χ1n) is 5.83. The van der Waals surface area contributed by atoms with E-state index in [0.29, 0.717) is 0 Å². The molecule has 0 radical (unpaired) electrons. The van der Waals surface area contributed by atoms with Gasteiger partial charge in [-0.3, -0.25) is 4.79 Å². The Balaban J connectivity index is 1.90. The van der Waals surface area contributed by atoms with Gasteiger partial charge in [-0.25, -0.2) is 4.98 Å². The van der Waals surface area contributed by atoms with Crippen molar-refractivity contribution in [3.05, 3.63) is 59.3 Å². The number of anilines is 1. The van der Waals surface area contributed by atoms with Gasteiger partial charge in [0.05, 0.1) is 0 Å². The van der Waals surface area contributed by atoms with Crippen molar-refractivity contribution in [2.24, 2.45) is 0 Å². The minimum atomic E-state index is -0.206. The van der Waals surface area contributed by atoms with Crippen LogP contribution in [0, 0.1) is 6.92 Å². The summed E-state index contributed by atoms with van der Waals surface area (Å²) in [4.78, 5) is 16.0. The molecule has 1 atom stereocenters. The third-order valence-electron chi connectivity index (χ3n) is 3.00. The fourth-order valence-corrected chi connectivity index (χ4v) is 2.12. The summed E-state index contributed by atoms with van der Waals surface area (Å²) in [6.45, 7) is 2.01. The molecule has 1 aliphatic heterocycles. The van der Waals surface area contributed by atoms with E-state index in [1.807, 2.05) is 43.3 Å². The first-order chi connectivity index (χ1) is 8.74. The average Bonchev–Trinajstić information content (AvgIpc) is 2.67. The predicted molar refractivity (Wildman–Crippen MR) is 69.2 cm³/mol. The molecule has 2 heterocycles. The summed E-state index contributed by atoms with van der Waals surface area (Å²) in [5, 5.41) is 6.12. The van der Waals surface area contributed by atoms with Crippen LogP contribution in [0.15, 0.2) is 42.6 Å². The summed E-state index contributed by atoms with van der Waals surface area (Å²) in [5.74, 6) is 0.716. The molecule has 0 spiro atoms. The molecule has 0 fully saturated rings. The van der Waals surface area contributed by atoms with Crippen LogP contribution < -0.4 is 10.6 Å². The SMILES string of the molecule is Cc1ccnc(NC2NC(=O)c3ccccc32)c1. The Morgan fingerprint density at radius 1 is 1.28 bits per heavy atom. The van der Waals surface area contributed by atoms with Crippen molar-refractivity contribution in [3.8, 4) is 0 Å². The lowest BCUT2D eigenvalue weighted by molar-refractivity contribution is 0.0959. The van der Waals surface area contributed by atoms with Crippen molar-refractivity contribution in [2.75, 3.05) is 5.32 Å². The van der Waals surface area contributed by atoms with E-state index in [4.69, 9.17) is 0 Å². The van der Waals surface area contributed by atoms with Gasteiger partial charge in [-0.15, -0.1) is 0 Å². The highest BCUT2D eigenvalue weighted by Gasteiger charge is 2.27. The number of aromatic nitrogens is 1. The molecule has 3 rings (SSSR count). The van der Waals surface area contributed by atoms with Crippen LogP contribution in [0.2, 0.25) is 0 Å². The van der Waals surface area contributed by atoms with Crippen LogP contribution in [0.25, 0.3) is 0 Å². The number of aryl methyl sites for hydroxylation is 1. The number of benzene rings is 1. The second kappa shape index (κ2) is 4.14. The van der Waals surface area contributed by atoms with Gasteiger partial charge in [0.15, 0.2) is 0 Å². The van der Waals surface area contributed by atoms with E-state index in [2.05, 4.69) is 15.6 Å². The fourth-order valence-electron chi connectivity index (χ4n) is 2.12. The van der Waals surface area contributed by atoms with Crippen LogP contribution >= 0.6 is 0 Å². The van der Waals surface area contributed by atoms with Gasteiger partial charge in [0, 0.05) is 17.3 Å². The van der Waals surface area contributed by atoms with Gasteiger partial charge in [-0.1, -0.05) is 18.2 Å². The molecule has 0 bridgehead atoms. The molecule has 1 aromatic heterocycles. The molecule has 0 saturated carbocycles. The Bertz CT molecular complexity index is 609. The summed E-state index contributed by atoms with van der Waals surface area (Å²) < 4.78 is 0. The molecule has 0 saturated heterocycles. The Kier molecular flexibility index (Phi) is 2.48. The number of fused-ring (bicyclic) bond motifs is 1. The molecule has 2 aromatic rings. The van der Waals surface area contributed by atoms with Crippen LogP contribution in [-0.2, 0) is 0 Å². The molecular weight excluding hydrogens is 226 g/mol. The first-order valence-corrected chi connectivity index (χ1v) is 5.83. The summed E-state index contributed by atoms with van der Waals surface area (Å²) in [6.07, 6.45) is 1.54. The van der Waals surface area contributed by atoms with Gasteiger partial charge in [-0.2, -0.15) is 0 Å². The third kappa shape index (κ3) is 1.82. The van der Waals surface area contributed by atoms with Crippen molar-refractivity contribution in [1.82, 2.24) is 10.3 Å². The average molecular weight is 239 g/mol. The second-order valence-electron chi connectivity index (χ2n) is 4.36. The normalized spacial score (nSPS) is 17.2. The van der Waals surface area contributed by atoms with E-state index in [0.717, 1.165) is 22.5 Å². The van der Waals surface area contributed by atoms with Crippen LogP contribution in [0.4, 0.5) is 5.82 Å². The monoisotopic (exact) mass is 239 g/mol. The molecule has 0 aliphatic carbocycles. The standard InChI is InChI=1S/C14H13N3O/c1-9-6-7-15-12(8-9)16-13-10-4-2-3-5-11(10)14(18)17-13/h2-8,13H,1H3,(H,15,16)(H,17,18). The number of nitrogens with one attached hydrogen (secondary N) is 2. The number of hydrogen-bond acceptors (Lipinski definition) is 3. The maximum Gasteiger partial charge on any atom is 0.253 e. The number of nitrogens with zero attached hydrogens (tertiary/aromatic N) is 1. The lowest BCUT2D eigenvalue weighted by atomic mass is 10.1. The van der Waals surface area contributed by atoms with E-state index in [1.54, 1.807) is 6.20 Å². The quantitative estimate of drug-likeness (QED) is 0.845. The number of hydrogen-bond donors (Lipinski definition) is 2. The third-order valence-corrected chi connectivity index (χ3v) is 3.00. The Labute approximate surface area is 105 Å². The smallest absolute Gasteiger partial charge is 0.253 e. The summed E-state index contributed by atoms with van der Waals surface area (Å²) in [7, 11) is 0. The van der Waals surface area contributed by atoms with Gasteiger partial charge in [0.25, 0.3) is 5.91 Å². The highest BCUT2D eigenvalue weighted by Crippen LogP contribution is 2.25. The molecule has 1 aliphatic rings. The van der Waals surface area contributed by atoms with Gasteiger partial charge < -0.3 is 10.6 Å². The van der Waals surface area contributed by atoms with Crippen LogP contribution in [0.3, 0.4) is 0 Å². The molecule has 2 N–H and O–H groups in total. The second-order valence-corrected chi connectivity index (χ2v) is 4.36. The minimum Gasteiger partial charge on any atom is -0.346 e. The van der Waals surface area contributed by atoms with Gasteiger partial charge in [-0.05, 0) is 30.7 Å². The zero-order valence-electron chi connectivity index (χ0n) is 9.97.